The standard InChI is InChI=1S/C3ClF6N/c4-2(6,7)1(5)11-3(8,9)10/b11-1-. The molecule has 0 saturated heterocycles. The molecular formula is C3ClF6N. The number of rotatable bonds is 1. The van der Waals surface area contributed by atoms with Crippen LogP contribution in [0.3, 0.4) is 0 Å². The van der Waals surface area contributed by atoms with Crippen LogP contribution in [-0.4, -0.2) is 17.6 Å². The Morgan fingerprint density at radius 1 is 1.09 bits per heavy atom. The Morgan fingerprint density at radius 2 is 1.45 bits per heavy atom. The third-order valence-electron chi connectivity index (χ3n) is 0.459. The third-order valence-corrected chi connectivity index (χ3v) is 0.615. The van der Waals surface area contributed by atoms with E-state index >= 15 is 0 Å². The van der Waals surface area contributed by atoms with Crippen LogP contribution in [-0.2, 0) is 0 Å². The van der Waals surface area contributed by atoms with E-state index in [0.29, 0.717) is 0 Å². The summed E-state index contributed by atoms with van der Waals surface area (Å²) in [5, 5.41) is -4.70. The summed E-state index contributed by atoms with van der Waals surface area (Å²) in [6.45, 7) is 0. The van der Waals surface area contributed by atoms with Gasteiger partial charge in [-0.2, -0.15) is 18.2 Å². The Labute approximate surface area is 61.7 Å². The van der Waals surface area contributed by atoms with E-state index in [4.69, 9.17) is 0 Å². The number of halogens is 7. The lowest BCUT2D eigenvalue weighted by Gasteiger charge is -2.04. The second kappa shape index (κ2) is 2.88. The van der Waals surface area contributed by atoms with E-state index in [2.05, 4.69) is 11.6 Å². The van der Waals surface area contributed by atoms with Gasteiger partial charge in [0.05, 0.1) is 0 Å². The maximum atomic E-state index is 11.6. The van der Waals surface area contributed by atoms with Crippen LogP contribution in [0.15, 0.2) is 4.99 Å². The fourth-order valence-corrected chi connectivity index (χ4v) is 0.217. The summed E-state index contributed by atoms with van der Waals surface area (Å²) < 4.78 is 67.4. The summed E-state index contributed by atoms with van der Waals surface area (Å²) in [6.07, 6.45) is -5.37. The number of aliphatic imine (C=N–C) groups is 1. The minimum atomic E-state index is -5.37. The topological polar surface area (TPSA) is 12.4 Å². The molecule has 66 valence electrons. The zero-order chi connectivity index (χ0) is 9.28. The predicted octanol–water partition coefficient (Wildman–Crippen LogP) is 2.71. The summed E-state index contributed by atoms with van der Waals surface area (Å²) in [6, 6.07) is 0. The van der Waals surface area contributed by atoms with E-state index in [0.717, 1.165) is 4.99 Å². The second-order valence-corrected chi connectivity index (χ2v) is 1.84. The third kappa shape index (κ3) is 4.88. The van der Waals surface area contributed by atoms with E-state index in [9.17, 15) is 26.3 Å². The van der Waals surface area contributed by atoms with E-state index < -0.39 is 17.6 Å². The van der Waals surface area contributed by atoms with Crippen molar-refractivity contribution >= 4 is 17.6 Å². The Hall–Kier alpha value is -0.460. The molecule has 0 unspecified atom stereocenters. The maximum Gasteiger partial charge on any atom is 0.505 e. The van der Waals surface area contributed by atoms with Crippen LogP contribution in [0.4, 0.5) is 26.3 Å². The molecule has 0 bridgehead atoms. The first-order valence-corrected chi connectivity index (χ1v) is 2.40. The zero-order valence-electron chi connectivity index (χ0n) is 4.59. The highest BCUT2D eigenvalue weighted by atomic mass is 35.5. The molecule has 0 aliphatic rings. The Bertz CT molecular complexity index is 166. The summed E-state index contributed by atoms with van der Waals surface area (Å²) in [7, 11) is 0. The van der Waals surface area contributed by atoms with Crippen molar-refractivity contribution in [3.8, 4) is 0 Å². The lowest BCUT2D eigenvalue weighted by atomic mass is 10.7. The molecule has 0 radical (unpaired) electrons. The van der Waals surface area contributed by atoms with Gasteiger partial charge in [0.25, 0.3) is 5.97 Å². The van der Waals surface area contributed by atoms with E-state index in [1.807, 2.05) is 0 Å². The molecule has 0 fully saturated rings. The van der Waals surface area contributed by atoms with Crippen LogP contribution < -0.4 is 0 Å². The van der Waals surface area contributed by atoms with Gasteiger partial charge in [0.1, 0.15) is 0 Å². The zero-order valence-corrected chi connectivity index (χ0v) is 5.35. The molecule has 0 rings (SSSR count). The first kappa shape index (κ1) is 10.5. The SMILES string of the molecule is F/C(=N\C(F)(F)F)C(F)(F)Cl. The largest absolute Gasteiger partial charge is 0.505 e. The second-order valence-electron chi connectivity index (χ2n) is 1.37. The highest BCUT2D eigenvalue weighted by Crippen LogP contribution is 2.26. The van der Waals surface area contributed by atoms with Gasteiger partial charge in [-0.1, -0.05) is 0 Å². The minimum Gasteiger partial charge on any atom is -0.182 e. The fraction of sp³-hybridized carbons (Fsp3) is 0.667. The molecule has 0 heterocycles. The molecule has 0 atom stereocenters. The van der Waals surface area contributed by atoms with Gasteiger partial charge in [-0.15, -0.1) is 13.2 Å². The van der Waals surface area contributed by atoms with Crippen molar-refractivity contribution in [1.82, 2.24) is 0 Å². The van der Waals surface area contributed by atoms with Gasteiger partial charge in [0, 0.05) is 0 Å². The molecule has 0 aromatic rings. The van der Waals surface area contributed by atoms with Crippen molar-refractivity contribution in [3.05, 3.63) is 0 Å². The van der Waals surface area contributed by atoms with E-state index in [-0.39, 0.29) is 0 Å². The van der Waals surface area contributed by atoms with Gasteiger partial charge < -0.3 is 0 Å². The van der Waals surface area contributed by atoms with Crippen LogP contribution in [0.2, 0.25) is 0 Å². The van der Waals surface area contributed by atoms with Crippen LogP contribution in [0.1, 0.15) is 0 Å². The molecule has 0 aromatic carbocycles. The van der Waals surface area contributed by atoms with E-state index in [1.54, 1.807) is 0 Å². The van der Waals surface area contributed by atoms with Gasteiger partial charge in [-0.05, 0) is 11.6 Å². The van der Waals surface area contributed by atoms with Crippen molar-refractivity contribution in [2.45, 2.75) is 11.7 Å². The average molecular weight is 199 g/mol. The van der Waals surface area contributed by atoms with Crippen LogP contribution >= 0.6 is 11.6 Å². The number of alkyl halides is 6. The summed E-state index contributed by atoms with van der Waals surface area (Å²) in [4.78, 5) is 1.05. The first-order chi connectivity index (χ1) is 4.63. The van der Waals surface area contributed by atoms with Gasteiger partial charge in [0.2, 0.25) is 0 Å². The molecular weight excluding hydrogens is 199 g/mol. The van der Waals surface area contributed by atoms with Gasteiger partial charge in [-0.3, -0.25) is 0 Å². The number of hydrogen-bond acceptors (Lipinski definition) is 1. The van der Waals surface area contributed by atoms with Gasteiger partial charge in [-0.25, -0.2) is 0 Å². The molecule has 0 aliphatic carbocycles. The molecule has 8 heteroatoms. The van der Waals surface area contributed by atoms with Crippen LogP contribution in [0.25, 0.3) is 0 Å². The van der Waals surface area contributed by atoms with Gasteiger partial charge in [0.15, 0.2) is 0 Å². The molecule has 1 nitrogen and oxygen atoms in total. The lowest BCUT2D eigenvalue weighted by molar-refractivity contribution is -0.121. The molecule has 0 aromatic heterocycles. The highest BCUT2D eigenvalue weighted by Gasteiger charge is 2.39. The fourth-order valence-electron chi connectivity index (χ4n) is 0.175. The quantitative estimate of drug-likeness (QED) is 0.266. The monoisotopic (exact) mass is 199 g/mol. The maximum absolute atomic E-state index is 11.6. The van der Waals surface area contributed by atoms with Crippen molar-refractivity contribution in [2.75, 3.05) is 0 Å². The first-order valence-electron chi connectivity index (χ1n) is 2.02. The molecule has 0 spiro atoms. The molecule has 0 amide bonds. The smallest absolute Gasteiger partial charge is 0.182 e. The number of hydrogen-bond donors (Lipinski definition) is 0. The van der Waals surface area contributed by atoms with Crippen molar-refractivity contribution < 1.29 is 26.3 Å². The van der Waals surface area contributed by atoms with Crippen LogP contribution in [0, 0.1) is 0 Å². The van der Waals surface area contributed by atoms with Crippen molar-refractivity contribution in [3.63, 3.8) is 0 Å². The van der Waals surface area contributed by atoms with Gasteiger partial charge >= 0.3 is 11.7 Å². The molecule has 0 N–H and O–H groups in total. The summed E-state index contributed by atoms with van der Waals surface area (Å²) in [5.41, 5.74) is 0. The van der Waals surface area contributed by atoms with Crippen molar-refractivity contribution in [1.29, 1.82) is 0 Å². The van der Waals surface area contributed by atoms with E-state index in [1.165, 1.54) is 0 Å². The Kier molecular flexibility index (Phi) is 2.76. The number of nitrogens with zero attached hydrogens (tertiary/aromatic N) is 1. The molecule has 11 heavy (non-hydrogen) atoms. The normalized spacial score (nSPS) is 15.4. The summed E-state index contributed by atoms with van der Waals surface area (Å²) >= 11 is 3.85. The average Bonchev–Trinajstić information content (AvgIpc) is 1.56. The lowest BCUT2D eigenvalue weighted by Crippen LogP contribution is -2.20. The van der Waals surface area contributed by atoms with Crippen LogP contribution in [0.5, 0.6) is 0 Å². The Balaban J connectivity index is 4.49. The molecule has 0 aliphatic heterocycles. The predicted molar refractivity (Wildman–Crippen MR) is 25.4 cm³/mol. The Morgan fingerprint density at radius 3 is 1.55 bits per heavy atom. The highest BCUT2D eigenvalue weighted by molar-refractivity contribution is 6.32. The summed E-state index contributed by atoms with van der Waals surface area (Å²) in [5.74, 6) is -2.97. The molecule has 0 saturated carbocycles. The van der Waals surface area contributed by atoms with Crippen molar-refractivity contribution in [2.24, 2.45) is 4.99 Å². The minimum absolute atomic E-state index is 1.05.